The summed E-state index contributed by atoms with van der Waals surface area (Å²) in [5.74, 6) is -0.215. The molecule has 2 amide bonds. The molecule has 3 N–H and O–H groups in total. The number of hydrogen-bond donors (Lipinski definition) is 3. The molecule has 0 saturated heterocycles. The third-order valence-corrected chi connectivity index (χ3v) is 3.33. The van der Waals surface area contributed by atoms with Crippen LogP contribution in [0.4, 0.5) is 5.13 Å². The van der Waals surface area contributed by atoms with Gasteiger partial charge in [0.1, 0.15) is 0 Å². The number of carbonyl (C=O) groups is 2. The summed E-state index contributed by atoms with van der Waals surface area (Å²) in [7, 11) is 0. The number of amides is 2. The van der Waals surface area contributed by atoms with Crippen LogP contribution >= 0.6 is 11.3 Å². The fourth-order valence-electron chi connectivity index (χ4n) is 1.39. The van der Waals surface area contributed by atoms with Gasteiger partial charge in [-0.05, 0) is 6.54 Å². The number of likely N-dealkylation sites (N-methyl/N-ethyl adjacent to an activating group) is 1. The summed E-state index contributed by atoms with van der Waals surface area (Å²) in [5, 5.41) is 11.0. The smallest absolute Gasteiger partial charge is 0.228 e. The lowest BCUT2D eigenvalue weighted by Gasteiger charge is -2.04. The summed E-state index contributed by atoms with van der Waals surface area (Å²) >= 11 is 1.33. The van der Waals surface area contributed by atoms with Crippen molar-refractivity contribution in [1.82, 2.24) is 15.6 Å². The van der Waals surface area contributed by atoms with Gasteiger partial charge in [0.15, 0.2) is 5.13 Å². The summed E-state index contributed by atoms with van der Waals surface area (Å²) in [6, 6.07) is 0. The van der Waals surface area contributed by atoms with Crippen LogP contribution < -0.4 is 16.0 Å². The predicted octanol–water partition coefficient (Wildman–Crippen LogP) is 1.01. The Hall–Kier alpha value is -1.47. The van der Waals surface area contributed by atoms with Crippen LogP contribution in [-0.2, 0) is 16.0 Å². The van der Waals surface area contributed by atoms with Gasteiger partial charge >= 0.3 is 0 Å². The Morgan fingerprint density at radius 1 is 1.35 bits per heavy atom. The van der Waals surface area contributed by atoms with Gasteiger partial charge in [-0.3, -0.25) is 9.59 Å². The Morgan fingerprint density at radius 2 is 2.10 bits per heavy atom. The van der Waals surface area contributed by atoms with E-state index in [1.54, 1.807) is 5.38 Å². The van der Waals surface area contributed by atoms with Crippen LogP contribution in [0, 0.1) is 5.92 Å². The number of nitrogens with one attached hydrogen (secondary N) is 3. The van der Waals surface area contributed by atoms with Crippen molar-refractivity contribution >= 4 is 28.3 Å². The normalized spacial score (nSPS) is 10.6. The zero-order valence-corrected chi connectivity index (χ0v) is 13.0. The van der Waals surface area contributed by atoms with Crippen molar-refractivity contribution in [1.29, 1.82) is 0 Å². The van der Waals surface area contributed by atoms with Gasteiger partial charge in [-0.15, -0.1) is 11.3 Å². The molecule has 112 valence electrons. The van der Waals surface area contributed by atoms with Gasteiger partial charge in [0.05, 0.1) is 12.1 Å². The molecule has 0 aliphatic heterocycles. The second-order valence-electron chi connectivity index (χ2n) is 4.67. The second kappa shape index (κ2) is 8.65. The van der Waals surface area contributed by atoms with Crippen molar-refractivity contribution in [3.8, 4) is 0 Å². The number of hydrogen-bond acceptors (Lipinski definition) is 5. The fourth-order valence-corrected chi connectivity index (χ4v) is 2.10. The topological polar surface area (TPSA) is 83.1 Å². The highest BCUT2D eigenvalue weighted by molar-refractivity contribution is 7.13. The summed E-state index contributed by atoms with van der Waals surface area (Å²) in [5.41, 5.74) is 0.676. The Morgan fingerprint density at radius 3 is 2.75 bits per heavy atom. The molecule has 0 bridgehead atoms. The molecule has 1 rings (SSSR count). The van der Waals surface area contributed by atoms with E-state index in [0.717, 1.165) is 13.1 Å². The van der Waals surface area contributed by atoms with Gasteiger partial charge in [0, 0.05) is 24.4 Å². The number of nitrogens with zero attached hydrogens (tertiary/aromatic N) is 1. The second-order valence-corrected chi connectivity index (χ2v) is 5.53. The van der Waals surface area contributed by atoms with Crippen LogP contribution in [0.3, 0.4) is 0 Å². The van der Waals surface area contributed by atoms with Gasteiger partial charge in [-0.2, -0.15) is 0 Å². The van der Waals surface area contributed by atoms with Crippen LogP contribution in [0.25, 0.3) is 0 Å². The standard InChI is InChI=1S/C13H22N4O2S/c1-4-14-5-6-15-11(18)7-10-8-20-13(16-10)17-12(19)9(2)3/h8-9,14H,4-7H2,1-3H3,(H,15,18)(H,16,17,19). The Bertz CT molecular complexity index is 445. The minimum absolute atomic E-state index is 0.0602. The molecule has 0 aromatic carbocycles. The molecule has 0 spiro atoms. The Labute approximate surface area is 123 Å². The van der Waals surface area contributed by atoms with Crippen LogP contribution in [-0.4, -0.2) is 36.4 Å². The molecule has 20 heavy (non-hydrogen) atoms. The Balaban J connectivity index is 2.36. The molecule has 0 radical (unpaired) electrons. The molecular weight excluding hydrogens is 276 g/mol. The average Bonchev–Trinajstić information content (AvgIpc) is 2.81. The molecule has 6 nitrogen and oxygen atoms in total. The minimum Gasteiger partial charge on any atom is -0.354 e. The first-order valence-electron chi connectivity index (χ1n) is 6.75. The summed E-state index contributed by atoms with van der Waals surface area (Å²) in [6.45, 7) is 7.91. The highest BCUT2D eigenvalue weighted by atomic mass is 32.1. The van der Waals surface area contributed by atoms with E-state index in [1.807, 2.05) is 20.8 Å². The van der Waals surface area contributed by atoms with E-state index in [9.17, 15) is 9.59 Å². The zero-order chi connectivity index (χ0) is 15.0. The maximum Gasteiger partial charge on any atom is 0.228 e. The molecule has 0 unspecified atom stereocenters. The number of aromatic nitrogens is 1. The van der Waals surface area contributed by atoms with Gasteiger partial charge in [-0.1, -0.05) is 20.8 Å². The summed E-state index contributed by atoms with van der Waals surface area (Å²) < 4.78 is 0. The maximum absolute atomic E-state index is 11.7. The molecule has 7 heteroatoms. The number of rotatable bonds is 8. The Kier molecular flexibility index (Phi) is 7.17. The molecule has 0 saturated carbocycles. The fraction of sp³-hybridized carbons (Fsp3) is 0.615. The lowest BCUT2D eigenvalue weighted by Crippen LogP contribution is -2.32. The zero-order valence-electron chi connectivity index (χ0n) is 12.2. The minimum atomic E-state index is -0.0864. The van der Waals surface area contributed by atoms with Crippen molar-refractivity contribution < 1.29 is 9.59 Å². The predicted molar refractivity (Wildman–Crippen MR) is 80.8 cm³/mol. The van der Waals surface area contributed by atoms with E-state index >= 15 is 0 Å². The van der Waals surface area contributed by atoms with Crippen LogP contribution in [0.15, 0.2) is 5.38 Å². The molecule has 0 atom stereocenters. The SMILES string of the molecule is CCNCCNC(=O)Cc1csc(NC(=O)C(C)C)n1. The summed E-state index contributed by atoms with van der Waals surface area (Å²) in [6.07, 6.45) is 0.236. The molecule has 0 aliphatic rings. The lowest BCUT2D eigenvalue weighted by atomic mass is 10.2. The van der Waals surface area contributed by atoms with Gasteiger partial charge in [0.25, 0.3) is 0 Å². The quantitative estimate of drug-likeness (QED) is 0.625. The van der Waals surface area contributed by atoms with Crippen molar-refractivity contribution in [3.05, 3.63) is 11.1 Å². The average molecular weight is 298 g/mol. The van der Waals surface area contributed by atoms with Crippen molar-refractivity contribution in [2.24, 2.45) is 5.92 Å². The highest BCUT2D eigenvalue weighted by Crippen LogP contribution is 2.16. The van der Waals surface area contributed by atoms with E-state index in [4.69, 9.17) is 0 Å². The molecule has 1 aromatic rings. The number of carbonyl (C=O) groups excluding carboxylic acids is 2. The van der Waals surface area contributed by atoms with E-state index in [1.165, 1.54) is 11.3 Å². The molecule has 1 heterocycles. The number of thiazole rings is 1. The first-order chi connectivity index (χ1) is 9.52. The van der Waals surface area contributed by atoms with E-state index < -0.39 is 0 Å². The van der Waals surface area contributed by atoms with E-state index in [0.29, 0.717) is 17.4 Å². The van der Waals surface area contributed by atoms with E-state index in [2.05, 4.69) is 20.9 Å². The lowest BCUT2D eigenvalue weighted by molar-refractivity contribution is -0.120. The molecule has 0 aliphatic carbocycles. The monoisotopic (exact) mass is 298 g/mol. The van der Waals surface area contributed by atoms with Crippen molar-refractivity contribution in [2.75, 3.05) is 25.0 Å². The first kappa shape index (κ1) is 16.6. The first-order valence-corrected chi connectivity index (χ1v) is 7.63. The van der Waals surface area contributed by atoms with Crippen LogP contribution in [0.1, 0.15) is 26.5 Å². The maximum atomic E-state index is 11.7. The molecule has 1 aromatic heterocycles. The van der Waals surface area contributed by atoms with E-state index in [-0.39, 0.29) is 24.2 Å². The van der Waals surface area contributed by atoms with Crippen LogP contribution in [0.2, 0.25) is 0 Å². The highest BCUT2D eigenvalue weighted by Gasteiger charge is 2.11. The molecular formula is C13H22N4O2S. The van der Waals surface area contributed by atoms with Gasteiger partial charge in [0.2, 0.25) is 11.8 Å². The van der Waals surface area contributed by atoms with Crippen molar-refractivity contribution in [2.45, 2.75) is 27.2 Å². The largest absolute Gasteiger partial charge is 0.354 e. The third-order valence-electron chi connectivity index (χ3n) is 2.52. The van der Waals surface area contributed by atoms with Crippen molar-refractivity contribution in [3.63, 3.8) is 0 Å². The summed E-state index contributed by atoms with van der Waals surface area (Å²) in [4.78, 5) is 27.4. The number of anilines is 1. The van der Waals surface area contributed by atoms with Gasteiger partial charge < -0.3 is 16.0 Å². The van der Waals surface area contributed by atoms with Gasteiger partial charge in [-0.25, -0.2) is 4.98 Å². The molecule has 0 fully saturated rings. The van der Waals surface area contributed by atoms with Crippen LogP contribution in [0.5, 0.6) is 0 Å². The third kappa shape index (κ3) is 6.12.